The van der Waals surface area contributed by atoms with Crippen molar-refractivity contribution in [3.05, 3.63) is 0 Å². The highest BCUT2D eigenvalue weighted by Crippen LogP contribution is 2.25. The van der Waals surface area contributed by atoms with Crippen molar-refractivity contribution >= 4 is 5.91 Å². The van der Waals surface area contributed by atoms with Crippen molar-refractivity contribution in [1.82, 2.24) is 5.32 Å². The Bertz CT molecular complexity index is 210. The molecule has 0 heterocycles. The van der Waals surface area contributed by atoms with Crippen molar-refractivity contribution in [1.29, 1.82) is 0 Å². The van der Waals surface area contributed by atoms with Crippen LogP contribution in [0.15, 0.2) is 0 Å². The van der Waals surface area contributed by atoms with Gasteiger partial charge in [-0.05, 0) is 32.1 Å². The van der Waals surface area contributed by atoms with Gasteiger partial charge in [0.2, 0.25) is 5.91 Å². The highest BCUT2D eigenvalue weighted by atomic mass is 16.2. The summed E-state index contributed by atoms with van der Waals surface area (Å²) >= 11 is 0. The highest BCUT2D eigenvalue weighted by Gasteiger charge is 2.22. The monoisotopic (exact) mass is 226 g/mol. The van der Waals surface area contributed by atoms with Crippen LogP contribution in [0.3, 0.4) is 0 Å². The molecule has 1 fully saturated rings. The minimum Gasteiger partial charge on any atom is -0.352 e. The fourth-order valence-corrected chi connectivity index (χ4v) is 2.45. The molecule has 1 amide bonds. The van der Waals surface area contributed by atoms with Crippen molar-refractivity contribution in [2.24, 2.45) is 11.7 Å². The zero-order valence-corrected chi connectivity index (χ0v) is 10.7. The van der Waals surface area contributed by atoms with Gasteiger partial charge in [0.15, 0.2) is 0 Å². The van der Waals surface area contributed by atoms with Gasteiger partial charge in [-0.1, -0.05) is 32.6 Å². The smallest absolute Gasteiger partial charge is 0.237 e. The van der Waals surface area contributed by atoms with Crippen LogP contribution in [0.2, 0.25) is 0 Å². The Morgan fingerprint density at radius 1 is 1.31 bits per heavy atom. The third kappa shape index (κ3) is 4.12. The number of rotatable bonds is 4. The Labute approximate surface area is 99.2 Å². The van der Waals surface area contributed by atoms with Crippen molar-refractivity contribution < 1.29 is 4.79 Å². The zero-order valence-electron chi connectivity index (χ0n) is 10.7. The van der Waals surface area contributed by atoms with Gasteiger partial charge in [-0.25, -0.2) is 0 Å². The van der Waals surface area contributed by atoms with Crippen molar-refractivity contribution in [3.63, 3.8) is 0 Å². The second-order valence-corrected chi connectivity index (χ2v) is 5.06. The second-order valence-electron chi connectivity index (χ2n) is 5.06. The summed E-state index contributed by atoms with van der Waals surface area (Å²) in [6, 6.07) is -0.0589. The number of nitrogens with one attached hydrogen (secondary N) is 1. The summed E-state index contributed by atoms with van der Waals surface area (Å²) in [6.45, 7) is 4.07. The maximum absolute atomic E-state index is 11.7. The maximum Gasteiger partial charge on any atom is 0.237 e. The van der Waals surface area contributed by atoms with E-state index in [4.69, 9.17) is 5.73 Å². The van der Waals surface area contributed by atoms with E-state index >= 15 is 0 Å². The molecule has 1 saturated carbocycles. The van der Waals surface area contributed by atoms with Crippen molar-refractivity contribution in [3.8, 4) is 0 Å². The molecule has 0 aromatic heterocycles. The van der Waals surface area contributed by atoms with E-state index in [0.29, 0.717) is 12.3 Å². The average Bonchev–Trinajstić information content (AvgIpc) is 2.56. The van der Waals surface area contributed by atoms with Crippen LogP contribution in [0.5, 0.6) is 0 Å². The Hall–Kier alpha value is -0.570. The first-order chi connectivity index (χ1) is 7.65. The molecule has 2 atom stereocenters. The van der Waals surface area contributed by atoms with E-state index in [9.17, 15) is 4.79 Å². The van der Waals surface area contributed by atoms with E-state index in [1.54, 1.807) is 0 Å². The predicted octanol–water partition coefficient (Wildman–Crippen LogP) is 2.20. The van der Waals surface area contributed by atoms with Gasteiger partial charge < -0.3 is 11.1 Å². The van der Waals surface area contributed by atoms with E-state index in [-0.39, 0.29) is 18.0 Å². The lowest BCUT2D eigenvalue weighted by atomic mass is 9.93. The molecule has 3 N–H and O–H groups in total. The lowest BCUT2D eigenvalue weighted by molar-refractivity contribution is -0.123. The van der Waals surface area contributed by atoms with Crippen LogP contribution in [0.4, 0.5) is 0 Å². The largest absolute Gasteiger partial charge is 0.352 e. The fourth-order valence-electron chi connectivity index (χ4n) is 2.45. The number of carbonyl (C=O) groups excluding carboxylic acids is 1. The summed E-state index contributed by atoms with van der Waals surface area (Å²) in [6.07, 6.45) is 8.54. The summed E-state index contributed by atoms with van der Waals surface area (Å²) in [5.41, 5.74) is 5.71. The lowest BCUT2D eigenvalue weighted by Crippen LogP contribution is -2.46. The summed E-state index contributed by atoms with van der Waals surface area (Å²) in [5.74, 6) is 0.662. The van der Waals surface area contributed by atoms with Gasteiger partial charge in [0.25, 0.3) is 0 Å². The molecule has 0 aromatic rings. The Morgan fingerprint density at radius 2 is 1.88 bits per heavy atom. The average molecular weight is 226 g/mol. The van der Waals surface area contributed by atoms with Gasteiger partial charge in [0.1, 0.15) is 0 Å². The first kappa shape index (κ1) is 13.5. The Kier molecular flexibility index (Phi) is 5.81. The van der Waals surface area contributed by atoms with Crippen molar-refractivity contribution in [2.75, 3.05) is 0 Å². The summed E-state index contributed by atoms with van der Waals surface area (Å²) in [4.78, 5) is 11.7. The first-order valence-corrected chi connectivity index (χ1v) is 6.71. The third-order valence-corrected chi connectivity index (χ3v) is 3.75. The number of carbonyl (C=O) groups is 1. The molecule has 0 saturated heterocycles. The van der Waals surface area contributed by atoms with Crippen LogP contribution in [-0.4, -0.2) is 18.0 Å². The summed E-state index contributed by atoms with van der Waals surface area (Å²) in [5, 5.41) is 3.06. The molecular formula is C13H26N2O. The zero-order chi connectivity index (χ0) is 12.0. The SMILES string of the molecule is CC[C@@H](N)C(=O)N[C@@H](C)C1CCCCCC1. The van der Waals surface area contributed by atoms with Crippen LogP contribution >= 0.6 is 0 Å². The molecule has 94 valence electrons. The van der Waals surface area contributed by atoms with Crippen LogP contribution in [0.25, 0.3) is 0 Å². The van der Waals surface area contributed by atoms with Crippen molar-refractivity contribution in [2.45, 2.75) is 70.9 Å². The number of hydrogen-bond acceptors (Lipinski definition) is 2. The van der Waals surface area contributed by atoms with Gasteiger partial charge in [-0.3, -0.25) is 4.79 Å². The quantitative estimate of drug-likeness (QED) is 0.722. The molecule has 0 bridgehead atoms. The van der Waals surface area contributed by atoms with Gasteiger partial charge in [-0.15, -0.1) is 0 Å². The topological polar surface area (TPSA) is 55.1 Å². The third-order valence-electron chi connectivity index (χ3n) is 3.75. The molecule has 1 aliphatic rings. The minimum absolute atomic E-state index is 0.0132. The summed E-state index contributed by atoms with van der Waals surface area (Å²) < 4.78 is 0. The van der Waals surface area contributed by atoms with E-state index in [1.165, 1.54) is 38.5 Å². The maximum atomic E-state index is 11.7. The van der Waals surface area contributed by atoms with Gasteiger partial charge >= 0.3 is 0 Å². The normalized spacial score (nSPS) is 22.2. The number of nitrogens with two attached hydrogens (primary N) is 1. The number of amides is 1. The minimum atomic E-state index is -0.340. The van der Waals surface area contributed by atoms with Crippen LogP contribution in [0.1, 0.15) is 58.8 Å². The van der Waals surface area contributed by atoms with Crippen LogP contribution < -0.4 is 11.1 Å². The molecule has 1 rings (SSSR count). The van der Waals surface area contributed by atoms with E-state index in [0.717, 1.165) is 0 Å². The van der Waals surface area contributed by atoms with Gasteiger partial charge in [0.05, 0.1) is 6.04 Å². The molecule has 0 unspecified atom stereocenters. The number of hydrogen-bond donors (Lipinski definition) is 2. The van der Waals surface area contributed by atoms with Crippen LogP contribution in [-0.2, 0) is 4.79 Å². The molecule has 0 aromatic carbocycles. The highest BCUT2D eigenvalue weighted by molar-refractivity contribution is 5.81. The predicted molar refractivity (Wildman–Crippen MR) is 67.1 cm³/mol. The Balaban J connectivity index is 2.37. The molecule has 0 spiro atoms. The van der Waals surface area contributed by atoms with E-state index < -0.39 is 0 Å². The van der Waals surface area contributed by atoms with E-state index in [2.05, 4.69) is 12.2 Å². The molecule has 1 aliphatic carbocycles. The standard InChI is InChI=1S/C13H26N2O/c1-3-12(14)13(16)15-10(2)11-8-6-4-5-7-9-11/h10-12H,3-9,14H2,1-2H3,(H,15,16)/t10-,12+/m0/s1. The molecule has 16 heavy (non-hydrogen) atoms. The van der Waals surface area contributed by atoms with E-state index in [1.807, 2.05) is 6.92 Å². The summed E-state index contributed by atoms with van der Waals surface area (Å²) in [7, 11) is 0. The second kappa shape index (κ2) is 6.89. The van der Waals surface area contributed by atoms with Crippen LogP contribution in [0, 0.1) is 5.92 Å². The van der Waals surface area contributed by atoms with Gasteiger partial charge in [-0.2, -0.15) is 0 Å². The molecular weight excluding hydrogens is 200 g/mol. The molecule has 3 heteroatoms. The fraction of sp³-hybridized carbons (Fsp3) is 0.923. The molecule has 0 aliphatic heterocycles. The first-order valence-electron chi connectivity index (χ1n) is 6.71. The Morgan fingerprint density at radius 3 is 2.38 bits per heavy atom. The molecule has 0 radical (unpaired) electrons. The molecule has 3 nitrogen and oxygen atoms in total. The van der Waals surface area contributed by atoms with Gasteiger partial charge in [0, 0.05) is 6.04 Å². The lowest BCUT2D eigenvalue weighted by Gasteiger charge is -2.24.